The van der Waals surface area contributed by atoms with Crippen molar-refractivity contribution in [2.75, 3.05) is 18.4 Å². The van der Waals surface area contributed by atoms with Crippen molar-refractivity contribution in [3.05, 3.63) is 29.8 Å². The number of carbonyl (C=O) groups excluding carboxylic acids is 3. The molecule has 7 heteroatoms. The van der Waals surface area contributed by atoms with E-state index < -0.39 is 11.7 Å². The first-order valence-electron chi connectivity index (χ1n) is 9.91. The summed E-state index contributed by atoms with van der Waals surface area (Å²) in [6.07, 6.45) is 3.00. The van der Waals surface area contributed by atoms with Crippen LogP contribution in [-0.2, 0) is 9.53 Å². The zero-order chi connectivity index (χ0) is 20.3. The predicted molar refractivity (Wildman–Crippen MR) is 106 cm³/mol. The Labute approximate surface area is 165 Å². The highest BCUT2D eigenvalue weighted by Gasteiger charge is 2.35. The molecule has 1 aromatic rings. The van der Waals surface area contributed by atoms with E-state index in [2.05, 4.69) is 10.6 Å². The molecular formula is C21H29N3O4. The number of hydrogen-bond acceptors (Lipinski definition) is 4. The van der Waals surface area contributed by atoms with Crippen molar-refractivity contribution >= 4 is 23.6 Å². The third-order valence-electron chi connectivity index (χ3n) is 4.84. The van der Waals surface area contributed by atoms with Gasteiger partial charge in [0.15, 0.2) is 0 Å². The first-order valence-corrected chi connectivity index (χ1v) is 9.91. The Bertz CT molecular complexity index is 744. The van der Waals surface area contributed by atoms with E-state index >= 15 is 0 Å². The molecule has 0 radical (unpaired) electrons. The number of piperidine rings is 1. The third-order valence-corrected chi connectivity index (χ3v) is 4.84. The molecule has 0 atom stereocenters. The molecule has 2 N–H and O–H groups in total. The second-order valence-corrected chi connectivity index (χ2v) is 8.55. The molecule has 2 fully saturated rings. The second-order valence-electron chi connectivity index (χ2n) is 8.55. The fourth-order valence-corrected chi connectivity index (χ4v) is 3.26. The maximum absolute atomic E-state index is 12.6. The van der Waals surface area contributed by atoms with Crippen molar-refractivity contribution in [1.29, 1.82) is 0 Å². The normalized spacial score (nSPS) is 17.8. The Kier molecular flexibility index (Phi) is 5.91. The van der Waals surface area contributed by atoms with Gasteiger partial charge in [-0.3, -0.25) is 14.9 Å². The number of rotatable bonds is 4. The fraction of sp³-hybridized carbons (Fsp3) is 0.571. The van der Waals surface area contributed by atoms with Crippen LogP contribution >= 0.6 is 0 Å². The lowest BCUT2D eigenvalue weighted by Gasteiger charge is -2.32. The smallest absolute Gasteiger partial charge is 0.412 e. The molecule has 1 aliphatic heterocycles. The van der Waals surface area contributed by atoms with E-state index in [4.69, 9.17) is 4.74 Å². The van der Waals surface area contributed by atoms with Crippen LogP contribution < -0.4 is 10.6 Å². The summed E-state index contributed by atoms with van der Waals surface area (Å²) in [6.45, 7) is 6.76. The Hall–Kier alpha value is -2.57. The Morgan fingerprint density at radius 1 is 1.07 bits per heavy atom. The summed E-state index contributed by atoms with van der Waals surface area (Å²) in [5.41, 5.74) is 0.395. The molecule has 1 aliphatic carbocycles. The van der Waals surface area contributed by atoms with Gasteiger partial charge in [0.05, 0.1) is 0 Å². The zero-order valence-corrected chi connectivity index (χ0v) is 16.8. The summed E-state index contributed by atoms with van der Waals surface area (Å²) >= 11 is 0. The van der Waals surface area contributed by atoms with Gasteiger partial charge in [-0.25, -0.2) is 4.79 Å². The summed E-state index contributed by atoms with van der Waals surface area (Å²) < 4.78 is 5.23. The van der Waals surface area contributed by atoms with Gasteiger partial charge in [0.2, 0.25) is 5.91 Å². The van der Waals surface area contributed by atoms with Crippen LogP contribution in [0.1, 0.15) is 56.8 Å². The maximum Gasteiger partial charge on any atom is 0.412 e. The van der Waals surface area contributed by atoms with Gasteiger partial charge in [0, 0.05) is 36.3 Å². The van der Waals surface area contributed by atoms with Crippen LogP contribution in [0.3, 0.4) is 0 Å². The monoisotopic (exact) mass is 387 g/mol. The van der Waals surface area contributed by atoms with E-state index in [1.807, 2.05) is 4.90 Å². The molecule has 152 valence electrons. The second kappa shape index (κ2) is 8.20. The number of nitrogens with zero attached hydrogens (tertiary/aromatic N) is 1. The van der Waals surface area contributed by atoms with Gasteiger partial charge in [-0.2, -0.15) is 0 Å². The lowest BCUT2D eigenvalue weighted by molar-refractivity contribution is -0.133. The Morgan fingerprint density at radius 2 is 1.75 bits per heavy atom. The van der Waals surface area contributed by atoms with Crippen molar-refractivity contribution < 1.29 is 19.1 Å². The quantitative estimate of drug-likeness (QED) is 0.831. The van der Waals surface area contributed by atoms with E-state index in [9.17, 15) is 14.4 Å². The van der Waals surface area contributed by atoms with E-state index in [1.165, 1.54) is 0 Å². The van der Waals surface area contributed by atoms with Crippen LogP contribution in [0.15, 0.2) is 24.3 Å². The summed E-state index contributed by atoms with van der Waals surface area (Å²) in [5.74, 6) is 0.330. The van der Waals surface area contributed by atoms with Crippen LogP contribution in [0, 0.1) is 5.92 Å². The van der Waals surface area contributed by atoms with E-state index in [1.54, 1.807) is 45.0 Å². The molecule has 7 nitrogen and oxygen atoms in total. The Morgan fingerprint density at radius 3 is 2.36 bits per heavy atom. The fourth-order valence-electron chi connectivity index (χ4n) is 3.26. The topological polar surface area (TPSA) is 87.7 Å². The molecule has 1 heterocycles. The van der Waals surface area contributed by atoms with Crippen LogP contribution in [0.4, 0.5) is 10.5 Å². The summed E-state index contributed by atoms with van der Waals surface area (Å²) in [5, 5.41) is 5.68. The van der Waals surface area contributed by atoms with Crippen LogP contribution in [0.25, 0.3) is 0 Å². The third kappa shape index (κ3) is 5.71. The van der Waals surface area contributed by atoms with E-state index in [0.29, 0.717) is 24.3 Å². The zero-order valence-electron chi connectivity index (χ0n) is 16.8. The molecule has 3 rings (SSSR count). The number of carbonyl (C=O) groups is 3. The average Bonchev–Trinajstić information content (AvgIpc) is 3.45. The minimum absolute atomic E-state index is 0.0539. The average molecular weight is 387 g/mol. The number of anilines is 1. The highest BCUT2D eigenvalue weighted by atomic mass is 16.6. The minimum Gasteiger partial charge on any atom is -0.444 e. The molecular weight excluding hydrogens is 358 g/mol. The van der Waals surface area contributed by atoms with Crippen molar-refractivity contribution in [2.24, 2.45) is 5.92 Å². The molecule has 0 bridgehead atoms. The molecule has 0 spiro atoms. The van der Waals surface area contributed by atoms with Crippen molar-refractivity contribution in [1.82, 2.24) is 10.2 Å². The number of nitrogens with one attached hydrogen (secondary N) is 2. The van der Waals surface area contributed by atoms with Gasteiger partial charge in [-0.1, -0.05) is 6.07 Å². The summed E-state index contributed by atoms with van der Waals surface area (Å²) in [7, 11) is 0. The number of likely N-dealkylation sites (tertiary alicyclic amines) is 1. The number of amides is 3. The lowest BCUT2D eigenvalue weighted by atomic mass is 10.0. The number of hydrogen-bond donors (Lipinski definition) is 2. The van der Waals surface area contributed by atoms with E-state index in [0.717, 1.165) is 25.7 Å². The molecule has 1 saturated carbocycles. The first kappa shape index (κ1) is 20.2. The molecule has 2 aliphatic rings. The molecule has 0 aromatic heterocycles. The molecule has 3 amide bonds. The highest BCUT2D eigenvalue weighted by molar-refractivity contribution is 5.96. The van der Waals surface area contributed by atoms with Crippen LogP contribution in [-0.4, -0.2) is 47.5 Å². The van der Waals surface area contributed by atoms with Gasteiger partial charge < -0.3 is 15.0 Å². The SMILES string of the molecule is CC(C)(C)OC(=O)Nc1cccc(C(=O)NC2CCN(C(=O)C3CC3)CC2)c1. The molecule has 1 aromatic carbocycles. The largest absolute Gasteiger partial charge is 0.444 e. The highest BCUT2D eigenvalue weighted by Crippen LogP contribution is 2.31. The van der Waals surface area contributed by atoms with Gasteiger partial charge in [-0.05, 0) is 64.7 Å². The van der Waals surface area contributed by atoms with Crippen molar-refractivity contribution in [2.45, 2.75) is 58.1 Å². The maximum atomic E-state index is 12.6. The Balaban J connectivity index is 1.50. The minimum atomic E-state index is -0.588. The number of benzene rings is 1. The van der Waals surface area contributed by atoms with Gasteiger partial charge in [0.25, 0.3) is 5.91 Å². The van der Waals surface area contributed by atoms with Crippen molar-refractivity contribution in [3.8, 4) is 0 Å². The van der Waals surface area contributed by atoms with Crippen LogP contribution in [0.5, 0.6) is 0 Å². The predicted octanol–water partition coefficient (Wildman–Crippen LogP) is 3.16. The van der Waals surface area contributed by atoms with E-state index in [-0.39, 0.29) is 23.8 Å². The molecule has 28 heavy (non-hydrogen) atoms. The lowest BCUT2D eigenvalue weighted by Crippen LogP contribution is -2.47. The van der Waals surface area contributed by atoms with Gasteiger partial charge in [0.1, 0.15) is 5.60 Å². The molecule has 1 saturated heterocycles. The number of ether oxygens (including phenoxy) is 1. The molecule has 0 unspecified atom stereocenters. The van der Waals surface area contributed by atoms with Gasteiger partial charge in [-0.15, -0.1) is 0 Å². The standard InChI is InChI=1S/C21H29N3O4/c1-21(2,3)28-20(27)23-17-6-4-5-15(13-17)18(25)22-16-9-11-24(12-10-16)19(26)14-7-8-14/h4-6,13-14,16H,7-12H2,1-3H3,(H,22,25)(H,23,27). The van der Waals surface area contributed by atoms with Gasteiger partial charge >= 0.3 is 6.09 Å². The summed E-state index contributed by atoms with van der Waals surface area (Å²) in [6, 6.07) is 6.83. The first-order chi connectivity index (χ1) is 13.2. The van der Waals surface area contributed by atoms with Crippen molar-refractivity contribution in [3.63, 3.8) is 0 Å². The van der Waals surface area contributed by atoms with Crippen LogP contribution in [0.2, 0.25) is 0 Å². The summed E-state index contributed by atoms with van der Waals surface area (Å²) in [4.78, 5) is 38.5.